The molecule has 0 saturated carbocycles. The molecule has 0 amide bonds. The van der Waals surface area contributed by atoms with Crippen molar-refractivity contribution in [2.75, 3.05) is 0 Å². The first-order valence-electron chi connectivity index (χ1n) is 6.99. The third-order valence-corrected chi connectivity index (χ3v) is 3.71. The van der Waals surface area contributed by atoms with E-state index in [1.165, 1.54) is 6.07 Å². The lowest BCUT2D eigenvalue weighted by Gasteiger charge is -2.11. The molecule has 0 aromatic heterocycles. The first kappa shape index (κ1) is 17.9. The van der Waals surface area contributed by atoms with E-state index in [1.54, 1.807) is 0 Å². The lowest BCUT2D eigenvalue weighted by molar-refractivity contribution is 0.381. The average molecular weight is 374 g/mol. The van der Waals surface area contributed by atoms with Crippen molar-refractivity contribution < 1.29 is 35.1 Å². The van der Waals surface area contributed by atoms with Crippen molar-refractivity contribution in [3.63, 3.8) is 0 Å². The molecule has 3 aromatic carbocycles. The van der Waals surface area contributed by atoms with E-state index < -0.39 is 63.2 Å². The summed E-state index contributed by atoms with van der Waals surface area (Å²) < 4.78 is 108. The van der Waals surface area contributed by atoms with Crippen molar-refractivity contribution in [3.8, 4) is 22.3 Å². The Labute approximate surface area is 141 Å². The van der Waals surface area contributed by atoms with Crippen molar-refractivity contribution in [2.45, 2.75) is 0 Å². The van der Waals surface area contributed by atoms with Gasteiger partial charge in [0.05, 0.1) is 5.56 Å². The summed E-state index contributed by atoms with van der Waals surface area (Å²) in [4.78, 5) is 0. The molecule has 0 heterocycles. The van der Waals surface area contributed by atoms with E-state index in [9.17, 15) is 35.1 Å². The molecule has 0 saturated heterocycles. The molecule has 0 aliphatic rings. The van der Waals surface area contributed by atoms with Crippen LogP contribution in [0.1, 0.15) is 0 Å². The Morgan fingerprint density at radius 3 is 1.62 bits per heavy atom. The summed E-state index contributed by atoms with van der Waals surface area (Å²) in [7, 11) is 0. The van der Waals surface area contributed by atoms with Gasteiger partial charge in [0.25, 0.3) is 0 Å². The zero-order valence-corrected chi connectivity index (χ0v) is 12.5. The molecule has 134 valence electrons. The molecule has 0 nitrogen and oxygen atoms in total. The summed E-state index contributed by atoms with van der Waals surface area (Å²) in [5.74, 6) is -15.5. The number of rotatable bonds is 2. The molecular formula is C18H6F8. The second-order valence-electron chi connectivity index (χ2n) is 5.25. The highest BCUT2D eigenvalue weighted by molar-refractivity contribution is 5.74. The maximum absolute atomic E-state index is 13.9. The van der Waals surface area contributed by atoms with Gasteiger partial charge in [0.1, 0.15) is 0 Å². The molecule has 0 atom stereocenters. The highest BCUT2D eigenvalue weighted by atomic mass is 19.2. The van der Waals surface area contributed by atoms with Gasteiger partial charge in [0, 0.05) is 5.56 Å². The molecule has 26 heavy (non-hydrogen) atoms. The van der Waals surface area contributed by atoms with Crippen LogP contribution in [-0.2, 0) is 0 Å². The van der Waals surface area contributed by atoms with Crippen LogP contribution in [0.5, 0.6) is 0 Å². The number of benzene rings is 3. The van der Waals surface area contributed by atoms with E-state index in [2.05, 4.69) is 0 Å². The lowest BCUT2D eigenvalue weighted by atomic mass is 9.97. The van der Waals surface area contributed by atoms with Crippen LogP contribution in [0.2, 0.25) is 0 Å². The Hall–Kier alpha value is -2.90. The van der Waals surface area contributed by atoms with E-state index in [0.717, 1.165) is 24.3 Å². The number of halogens is 8. The second kappa shape index (κ2) is 6.44. The van der Waals surface area contributed by atoms with E-state index in [1.807, 2.05) is 0 Å². The van der Waals surface area contributed by atoms with Crippen LogP contribution in [0, 0.1) is 46.5 Å². The van der Waals surface area contributed by atoms with Crippen molar-refractivity contribution >= 4 is 0 Å². The second-order valence-corrected chi connectivity index (χ2v) is 5.25. The van der Waals surface area contributed by atoms with Crippen molar-refractivity contribution in [3.05, 3.63) is 82.9 Å². The largest absolute Gasteiger partial charge is 0.204 e. The van der Waals surface area contributed by atoms with E-state index >= 15 is 0 Å². The van der Waals surface area contributed by atoms with Gasteiger partial charge in [-0.2, -0.15) is 0 Å². The van der Waals surface area contributed by atoms with Gasteiger partial charge < -0.3 is 0 Å². The normalized spacial score (nSPS) is 11.1. The molecule has 0 radical (unpaired) electrons. The third-order valence-electron chi connectivity index (χ3n) is 3.71. The van der Waals surface area contributed by atoms with Crippen molar-refractivity contribution in [1.29, 1.82) is 0 Å². The molecule has 0 aliphatic heterocycles. The minimum Gasteiger partial charge on any atom is -0.204 e. The van der Waals surface area contributed by atoms with E-state index in [-0.39, 0.29) is 5.56 Å². The Balaban J connectivity index is 2.23. The fourth-order valence-corrected chi connectivity index (χ4v) is 2.45. The number of hydrogen-bond donors (Lipinski definition) is 0. The predicted molar refractivity (Wildman–Crippen MR) is 77.0 cm³/mol. The summed E-state index contributed by atoms with van der Waals surface area (Å²) in [5.41, 5.74) is -2.27. The zero-order valence-electron chi connectivity index (χ0n) is 12.5. The van der Waals surface area contributed by atoms with Crippen LogP contribution < -0.4 is 0 Å². The predicted octanol–water partition coefficient (Wildman–Crippen LogP) is 6.13. The Kier molecular flexibility index (Phi) is 4.43. The van der Waals surface area contributed by atoms with Crippen LogP contribution in [0.3, 0.4) is 0 Å². The average Bonchev–Trinajstić information content (AvgIpc) is 2.63. The van der Waals surface area contributed by atoms with Crippen LogP contribution >= 0.6 is 0 Å². The number of hydrogen-bond acceptors (Lipinski definition) is 0. The van der Waals surface area contributed by atoms with Gasteiger partial charge in [0.15, 0.2) is 40.7 Å². The quantitative estimate of drug-likeness (QED) is 0.287. The van der Waals surface area contributed by atoms with Gasteiger partial charge in [-0.25, -0.2) is 35.1 Å². The van der Waals surface area contributed by atoms with Gasteiger partial charge in [0.2, 0.25) is 5.82 Å². The Morgan fingerprint density at radius 2 is 1.00 bits per heavy atom. The maximum atomic E-state index is 13.9. The molecule has 0 spiro atoms. The molecule has 3 aromatic rings. The summed E-state index contributed by atoms with van der Waals surface area (Å²) in [6.45, 7) is 0. The first-order chi connectivity index (χ1) is 12.2. The molecular weight excluding hydrogens is 368 g/mol. The minimum absolute atomic E-state index is 0.150. The third kappa shape index (κ3) is 2.71. The zero-order chi connectivity index (χ0) is 19.2. The first-order valence-corrected chi connectivity index (χ1v) is 6.99. The lowest BCUT2D eigenvalue weighted by Crippen LogP contribution is -2.04. The SMILES string of the molecule is Fc1ccc(-c2cccc(-c3c(F)c(F)c(F)c(F)c3F)c2)c(F)c1F. The van der Waals surface area contributed by atoms with Crippen molar-refractivity contribution in [2.24, 2.45) is 0 Å². The summed E-state index contributed by atoms with van der Waals surface area (Å²) >= 11 is 0. The minimum atomic E-state index is -2.31. The fraction of sp³-hybridized carbons (Fsp3) is 0. The van der Waals surface area contributed by atoms with Gasteiger partial charge in [-0.05, 0) is 29.3 Å². The van der Waals surface area contributed by atoms with E-state index in [0.29, 0.717) is 6.07 Å². The highest BCUT2D eigenvalue weighted by Gasteiger charge is 2.27. The summed E-state index contributed by atoms with van der Waals surface area (Å²) in [6.07, 6.45) is 0. The van der Waals surface area contributed by atoms with Gasteiger partial charge in [-0.1, -0.05) is 18.2 Å². The Morgan fingerprint density at radius 1 is 0.462 bits per heavy atom. The smallest absolute Gasteiger partial charge is 0.200 e. The molecule has 0 bridgehead atoms. The van der Waals surface area contributed by atoms with Gasteiger partial charge in [-0.15, -0.1) is 0 Å². The molecule has 8 heteroatoms. The van der Waals surface area contributed by atoms with Gasteiger partial charge >= 0.3 is 0 Å². The summed E-state index contributed by atoms with van der Waals surface area (Å²) in [5, 5.41) is 0. The van der Waals surface area contributed by atoms with Crippen LogP contribution in [-0.4, -0.2) is 0 Å². The Bertz CT molecular complexity index is 997. The van der Waals surface area contributed by atoms with Crippen LogP contribution in [0.25, 0.3) is 22.3 Å². The summed E-state index contributed by atoms with van der Waals surface area (Å²) in [6, 6.07) is 5.78. The van der Waals surface area contributed by atoms with Crippen LogP contribution in [0.4, 0.5) is 35.1 Å². The molecule has 3 rings (SSSR count). The maximum Gasteiger partial charge on any atom is 0.200 e. The molecule has 0 N–H and O–H groups in total. The molecule has 0 fully saturated rings. The highest BCUT2D eigenvalue weighted by Crippen LogP contribution is 2.34. The monoisotopic (exact) mass is 374 g/mol. The van der Waals surface area contributed by atoms with Gasteiger partial charge in [-0.3, -0.25) is 0 Å². The molecule has 0 unspecified atom stereocenters. The van der Waals surface area contributed by atoms with Crippen molar-refractivity contribution in [1.82, 2.24) is 0 Å². The van der Waals surface area contributed by atoms with E-state index in [4.69, 9.17) is 0 Å². The van der Waals surface area contributed by atoms with Crippen LogP contribution in [0.15, 0.2) is 36.4 Å². The molecule has 0 aliphatic carbocycles. The topological polar surface area (TPSA) is 0 Å². The standard InChI is InChI=1S/C18H6F8/c19-10-5-4-9(12(20)13(10)21)7-2-1-3-8(6-7)11-14(22)16(24)18(26)17(25)15(11)23/h1-6H. The fourth-order valence-electron chi connectivity index (χ4n) is 2.45.